The van der Waals surface area contributed by atoms with Crippen LogP contribution in [-0.2, 0) is 30.4 Å². The molecule has 0 aliphatic heterocycles. The van der Waals surface area contributed by atoms with Crippen LogP contribution in [0, 0.1) is 0 Å². The molecule has 13 nitrogen and oxygen atoms in total. The molecule has 0 aliphatic carbocycles. The van der Waals surface area contributed by atoms with Gasteiger partial charge in [-0.05, 0) is 54.6 Å². The Bertz CT molecular complexity index is 2250. The third-order valence-electron chi connectivity index (χ3n) is 6.13. The van der Waals surface area contributed by atoms with Crippen LogP contribution in [0.3, 0.4) is 0 Å². The largest absolute Gasteiger partial charge is 0.744 e. The third-order valence-corrected chi connectivity index (χ3v) is 8.72. The van der Waals surface area contributed by atoms with Crippen molar-refractivity contribution in [2.45, 2.75) is 14.7 Å². The molecular weight excluding hydrogens is 610 g/mol. The van der Waals surface area contributed by atoms with E-state index >= 15 is 0 Å². The highest BCUT2D eigenvalue weighted by molar-refractivity contribution is 7.86. The third kappa shape index (κ3) is 5.67. The second-order valence-corrected chi connectivity index (χ2v) is 12.9. The summed E-state index contributed by atoms with van der Waals surface area (Å²) in [7, 11) is -15.4. The maximum Gasteiger partial charge on any atom is 0.125 e. The van der Waals surface area contributed by atoms with Gasteiger partial charge in [0.25, 0.3) is 0 Å². The number of phenols is 1. The van der Waals surface area contributed by atoms with Gasteiger partial charge in [0.05, 0.1) is 31.4 Å². The van der Waals surface area contributed by atoms with Crippen molar-refractivity contribution in [2.24, 2.45) is 10.2 Å². The fraction of sp³-hybridized carbons (Fsp3) is 0. The average Bonchev–Trinajstić information content (AvgIpc) is 2.91. The molecule has 5 aromatic rings. The van der Waals surface area contributed by atoms with E-state index in [1.54, 1.807) is 30.3 Å². The maximum atomic E-state index is 12.1. The van der Waals surface area contributed by atoms with Crippen molar-refractivity contribution in [2.75, 3.05) is 5.32 Å². The number of hydrogen-bond acceptors (Lipinski definition) is 13. The van der Waals surface area contributed by atoms with Gasteiger partial charge in [-0.15, -0.1) is 10.2 Å². The van der Waals surface area contributed by atoms with E-state index in [4.69, 9.17) is 0 Å². The molecule has 0 spiro atoms. The molecule has 0 bridgehead atoms. The predicted molar refractivity (Wildman–Crippen MR) is 147 cm³/mol. The number of para-hydroxylation sites is 1. The lowest BCUT2D eigenvalue weighted by atomic mass is 10.1. The Labute approximate surface area is 239 Å². The number of nitrogens with zero attached hydrogens (tertiary/aromatic N) is 2. The van der Waals surface area contributed by atoms with Gasteiger partial charge in [0.1, 0.15) is 36.1 Å². The van der Waals surface area contributed by atoms with Crippen molar-refractivity contribution in [3.05, 3.63) is 84.9 Å². The highest BCUT2D eigenvalue weighted by Crippen LogP contribution is 2.42. The molecule has 0 atom stereocenters. The van der Waals surface area contributed by atoms with Crippen LogP contribution < -0.4 is 5.32 Å². The molecule has 0 fully saturated rings. The fourth-order valence-corrected chi connectivity index (χ4v) is 6.27. The van der Waals surface area contributed by atoms with Crippen LogP contribution in [0.25, 0.3) is 21.5 Å². The maximum absolute atomic E-state index is 12.1. The first-order valence-corrected chi connectivity index (χ1v) is 15.8. The molecule has 0 heterocycles. The Morgan fingerprint density at radius 2 is 1.26 bits per heavy atom. The molecule has 5 rings (SSSR count). The van der Waals surface area contributed by atoms with Gasteiger partial charge in [0, 0.05) is 27.5 Å². The molecule has 0 saturated carbocycles. The number of benzene rings is 5. The van der Waals surface area contributed by atoms with E-state index in [0.717, 1.165) is 24.3 Å². The van der Waals surface area contributed by atoms with Crippen LogP contribution in [0.4, 0.5) is 22.7 Å². The summed E-state index contributed by atoms with van der Waals surface area (Å²) in [6.07, 6.45) is 0. The number of nitrogens with one attached hydrogen (secondary N) is 1. The van der Waals surface area contributed by atoms with E-state index in [9.17, 15) is 44.0 Å². The SMILES string of the molecule is O=S(=O)([O-])c1cc(N=Nc2ccc(Nc3ccccc3)c3c(S(=O)(=O)[O-])cccc23)c2c(O)ccc(S(=O)(=O)[O-])c2c1. The van der Waals surface area contributed by atoms with Crippen LogP contribution in [-0.4, -0.2) is 44.0 Å². The Kier molecular flexibility index (Phi) is 7.22. The second-order valence-electron chi connectivity index (χ2n) is 8.81. The number of anilines is 2. The number of fused-ring (bicyclic) bond motifs is 2. The summed E-state index contributed by atoms with van der Waals surface area (Å²) in [6.45, 7) is 0. The highest BCUT2D eigenvalue weighted by atomic mass is 32.2. The monoisotopic (exact) mass is 626 g/mol. The zero-order chi connectivity index (χ0) is 30.4. The van der Waals surface area contributed by atoms with Crippen molar-refractivity contribution in [3.8, 4) is 5.75 Å². The van der Waals surface area contributed by atoms with E-state index in [1.807, 2.05) is 0 Å². The standard InChI is InChI=1S/C26H19N3O10S3/c30-22-11-12-23(41(34,35)36)18-13-16(40(31,32)33)14-21(25(18)22)29-28-19-9-10-20(27-15-5-2-1-3-6-15)26-17(19)7-4-8-24(26)42(37,38)39/h1-14,27,30H,(H,31,32,33)(H,34,35,36)(H,37,38,39)/p-3. The molecule has 5 aromatic carbocycles. The number of hydrogen-bond donors (Lipinski definition) is 2. The first kappa shape index (κ1) is 29.1. The zero-order valence-electron chi connectivity index (χ0n) is 20.8. The van der Waals surface area contributed by atoms with Crippen molar-refractivity contribution < 1.29 is 44.0 Å². The number of aromatic hydroxyl groups is 1. The Balaban J connectivity index is 1.77. The van der Waals surface area contributed by atoms with Crippen LogP contribution in [0.15, 0.2) is 110 Å². The lowest BCUT2D eigenvalue weighted by Gasteiger charge is -2.17. The molecule has 0 unspecified atom stereocenters. The Morgan fingerprint density at radius 3 is 1.90 bits per heavy atom. The summed E-state index contributed by atoms with van der Waals surface area (Å²) in [5.74, 6) is -0.604. The quantitative estimate of drug-likeness (QED) is 0.188. The van der Waals surface area contributed by atoms with Crippen molar-refractivity contribution in [3.63, 3.8) is 0 Å². The molecule has 216 valence electrons. The topological polar surface area (TPSA) is 229 Å². The second kappa shape index (κ2) is 10.4. The van der Waals surface area contributed by atoms with Crippen LogP contribution in [0.5, 0.6) is 5.75 Å². The van der Waals surface area contributed by atoms with Crippen molar-refractivity contribution >= 4 is 74.6 Å². The highest BCUT2D eigenvalue weighted by Gasteiger charge is 2.19. The normalized spacial score (nSPS) is 12.7. The molecule has 2 N–H and O–H groups in total. The predicted octanol–water partition coefficient (Wildman–Crippen LogP) is 4.57. The smallest absolute Gasteiger partial charge is 0.125 e. The van der Waals surface area contributed by atoms with Gasteiger partial charge in [-0.3, -0.25) is 0 Å². The summed E-state index contributed by atoms with van der Waals surface area (Å²) in [6, 6.07) is 18.3. The van der Waals surface area contributed by atoms with Gasteiger partial charge in [0.15, 0.2) is 0 Å². The van der Waals surface area contributed by atoms with Crippen molar-refractivity contribution in [1.29, 1.82) is 0 Å². The molecule has 42 heavy (non-hydrogen) atoms. The van der Waals surface area contributed by atoms with E-state index in [-0.39, 0.29) is 22.1 Å². The van der Waals surface area contributed by atoms with Crippen LogP contribution in [0.1, 0.15) is 0 Å². The minimum Gasteiger partial charge on any atom is -0.744 e. The molecular formula is C26H16N3O10S3-3. The molecule has 0 saturated heterocycles. The molecule has 16 heteroatoms. The first-order valence-electron chi connectivity index (χ1n) is 11.6. The zero-order valence-corrected chi connectivity index (χ0v) is 23.3. The molecule has 0 amide bonds. The van der Waals surface area contributed by atoms with E-state index in [1.165, 1.54) is 24.3 Å². The summed E-state index contributed by atoms with van der Waals surface area (Å²) >= 11 is 0. The molecule has 0 aliphatic rings. The lowest BCUT2D eigenvalue weighted by molar-refractivity contribution is 0.459. The van der Waals surface area contributed by atoms with Crippen LogP contribution >= 0.6 is 0 Å². The van der Waals surface area contributed by atoms with Gasteiger partial charge in [0.2, 0.25) is 0 Å². The minimum absolute atomic E-state index is 0.0234. The minimum atomic E-state index is -5.21. The summed E-state index contributed by atoms with van der Waals surface area (Å²) in [4.78, 5) is -2.43. The fourth-order valence-electron chi connectivity index (χ4n) is 4.38. The summed E-state index contributed by atoms with van der Waals surface area (Å²) < 4.78 is 107. The summed E-state index contributed by atoms with van der Waals surface area (Å²) in [5, 5.41) is 20.6. The van der Waals surface area contributed by atoms with Crippen LogP contribution in [0.2, 0.25) is 0 Å². The van der Waals surface area contributed by atoms with E-state index < -0.39 is 67.3 Å². The van der Waals surface area contributed by atoms with Gasteiger partial charge >= 0.3 is 0 Å². The lowest BCUT2D eigenvalue weighted by Crippen LogP contribution is -2.02. The summed E-state index contributed by atoms with van der Waals surface area (Å²) in [5.41, 5.74) is 0.299. The molecule has 0 aromatic heterocycles. The Morgan fingerprint density at radius 1 is 0.595 bits per heavy atom. The number of azo groups is 1. The average molecular weight is 627 g/mol. The first-order chi connectivity index (χ1) is 19.6. The van der Waals surface area contributed by atoms with Crippen molar-refractivity contribution in [1.82, 2.24) is 0 Å². The van der Waals surface area contributed by atoms with Gasteiger partial charge in [-0.25, -0.2) is 25.3 Å². The Hall–Kier alpha value is -4.45. The molecule has 0 radical (unpaired) electrons. The van der Waals surface area contributed by atoms with E-state index in [0.29, 0.717) is 11.8 Å². The van der Waals surface area contributed by atoms with Gasteiger partial charge < -0.3 is 24.1 Å². The number of rotatable bonds is 7. The number of phenolic OH excluding ortho intramolecular Hbond substituents is 1. The van der Waals surface area contributed by atoms with E-state index in [2.05, 4.69) is 15.5 Å². The van der Waals surface area contributed by atoms with Gasteiger partial charge in [-0.1, -0.05) is 30.3 Å². The van der Waals surface area contributed by atoms with Gasteiger partial charge in [-0.2, -0.15) is 0 Å².